The van der Waals surface area contributed by atoms with Crippen LogP contribution in [0, 0.1) is 5.92 Å². The fourth-order valence-electron chi connectivity index (χ4n) is 3.97. The van der Waals surface area contributed by atoms with Crippen molar-refractivity contribution in [2.24, 2.45) is 5.92 Å². The summed E-state index contributed by atoms with van der Waals surface area (Å²) in [5, 5.41) is 6.65. The van der Waals surface area contributed by atoms with E-state index < -0.39 is 0 Å². The Balaban J connectivity index is 1.06. The van der Waals surface area contributed by atoms with E-state index in [1.165, 1.54) is 32.4 Å². The van der Waals surface area contributed by atoms with E-state index in [4.69, 9.17) is 4.74 Å². The van der Waals surface area contributed by atoms with Crippen molar-refractivity contribution in [1.29, 1.82) is 0 Å². The fraction of sp³-hybridized carbons (Fsp3) is 0.650. The third-order valence-corrected chi connectivity index (χ3v) is 5.75. The second kappa shape index (κ2) is 7.75. The molecular weight excluding hydrogens is 314 g/mol. The molecule has 5 nitrogen and oxygen atoms in total. The zero-order valence-corrected chi connectivity index (χ0v) is 14.8. The summed E-state index contributed by atoms with van der Waals surface area (Å²) in [6.07, 6.45) is 5.89. The third kappa shape index (κ3) is 4.73. The molecular formula is C20H29N3O2. The molecule has 5 heteroatoms. The molecule has 2 saturated carbocycles. The maximum atomic E-state index is 11.8. The molecule has 2 aliphatic carbocycles. The molecule has 1 atom stereocenters. The number of likely N-dealkylation sites (tertiary alicyclic amines) is 1. The number of benzene rings is 1. The van der Waals surface area contributed by atoms with Gasteiger partial charge in [0, 0.05) is 24.7 Å². The van der Waals surface area contributed by atoms with Crippen molar-refractivity contribution in [3.63, 3.8) is 0 Å². The molecule has 0 spiro atoms. The summed E-state index contributed by atoms with van der Waals surface area (Å²) in [6, 6.07) is 11.5. The summed E-state index contributed by atoms with van der Waals surface area (Å²) < 4.78 is 5.28. The van der Waals surface area contributed by atoms with Gasteiger partial charge < -0.3 is 20.3 Å². The predicted molar refractivity (Wildman–Crippen MR) is 97.3 cm³/mol. The van der Waals surface area contributed by atoms with Crippen LogP contribution in [0.2, 0.25) is 0 Å². The summed E-state index contributed by atoms with van der Waals surface area (Å²) in [5.74, 6) is 0.809. The van der Waals surface area contributed by atoms with E-state index in [9.17, 15) is 4.79 Å². The molecule has 1 heterocycles. The Morgan fingerprint density at radius 1 is 1.12 bits per heavy atom. The summed E-state index contributed by atoms with van der Waals surface area (Å²) in [5.41, 5.74) is 1.02. The smallest absolute Gasteiger partial charge is 0.407 e. The average Bonchev–Trinajstić information content (AvgIpc) is 3.34. The van der Waals surface area contributed by atoms with E-state index in [0.717, 1.165) is 36.9 Å². The predicted octanol–water partition coefficient (Wildman–Crippen LogP) is 2.52. The minimum absolute atomic E-state index is 0.257. The van der Waals surface area contributed by atoms with Crippen LogP contribution in [0.5, 0.6) is 0 Å². The van der Waals surface area contributed by atoms with Gasteiger partial charge in [0.2, 0.25) is 0 Å². The molecule has 1 aliphatic heterocycles. The van der Waals surface area contributed by atoms with Crippen LogP contribution in [0.3, 0.4) is 0 Å². The van der Waals surface area contributed by atoms with Gasteiger partial charge in [-0.3, -0.25) is 0 Å². The highest BCUT2D eigenvalue weighted by Crippen LogP contribution is 2.31. The molecule has 1 aromatic rings. The molecule has 1 amide bonds. The Bertz CT molecular complexity index is 570. The fourth-order valence-corrected chi connectivity index (χ4v) is 3.97. The molecule has 0 aromatic heterocycles. The number of hydrogen-bond donors (Lipinski definition) is 2. The maximum Gasteiger partial charge on any atom is 0.407 e. The van der Waals surface area contributed by atoms with Gasteiger partial charge in [0.25, 0.3) is 0 Å². The number of hydrogen-bond acceptors (Lipinski definition) is 4. The molecule has 2 N–H and O–H groups in total. The minimum atomic E-state index is -0.303. The van der Waals surface area contributed by atoms with E-state index in [1.54, 1.807) is 0 Å². The average molecular weight is 343 g/mol. The van der Waals surface area contributed by atoms with Crippen molar-refractivity contribution in [3.8, 4) is 0 Å². The Kier molecular flexibility index (Phi) is 5.22. The summed E-state index contributed by atoms with van der Waals surface area (Å²) >= 11 is 0. The molecule has 1 unspecified atom stereocenters. The van der Waals surface area contributed by atoms with Gasteiger partial charge >= 0.3 is 6.09 Å². The minimum Gasteiger partial charge on any atom is -0.445 e. The number of alkyl carbamates (subject to hydrolysis) is 1. The molecule has 0 radical (unpaired) electrons. The topological polar surface area (TPSA) is 53.6 Å². The first kappa shape index (κ1) is 16.9. The number of amides is 1. The van der Waals surface area contributed by atoms with Crippen LogP contribution in [0.15, 0.2) is 30.3 Å². The van der Waals surface area contributed by atoms with Crippen LogP contribution in [-0.4, -0.2) is 48.8 Å². The highest BCUT2D eigenvalue weighted by atomic mass is 16.5. The van der Waals surface area contributed by atoms with Gasteiger partial charge in [-0.15, -0.1) is 0 Å². The highest BCUT2D eigenvalue weighted by molar-refractivity contribution is 5.67. The molecule has 1 saturated heterocycles. The van der Waals surface area contributed by atoms with Crippen LogP contribution in [0.1, 0.15) is 37.7 Å². The summed E-state index contributed by atoms with van der Waals surface area (Å²) in [6.45, 7) is 4.02. The lowest BCUT2D eigenvalue weighted by molar-refractivity contribution is 0.125. The number of rotatable bonds is 7. The Morgan fingerprint density at radius 3 is 2.68 bits per heavy atom. The van der Waals surface area contributed by atoms with Crippen LogP contribution in [-0.2, 0) is 11.3 Å². The zero-order chi connectivity index (χ0) is 17.1. The first-order chi connectivity index (χ1) is 12.3. The number of nitrogens with one attached hydrogen (secondary N) is 2. The molecule has 0 bridgehead atoms. The first-order valence-electron chi connectivity index (χ1n) is 9.71. The van der Waals surface area contributed by atoms with Gasteiger partial charge in [0.1, 0.15) is 6.61 Å². The summed E-state index contributed by atoms with van der Waals surface area (Å²) in [4.78, 5) is 14.5. The lowest BCUT2D eigenvalue weighted by Crippen LogP contribution is -2.53. The van der Waals surface area contributed by atoms with Crippen molar-refractivity contribution in [2.45, 2.75) is 56.8 Å². The molecule has 3 fully saturated rings. The Morgan fingerprint density at radius 2 is 1.92 bits per heavy atom. The number of nitrogens with zero attached hydrogens (tertiary/aromatic N) is 1. The van der Waals surface area contributed by atoms with Crippen LogP contribution < -0.4 is 10.6 Å². The maximum absolute atomic E-state index is 11.8. The van der Waals surface area contributed by atoms with E-state index in [1.807, 2.05) is 30.3 Å². The van der Waals surface area contributed by atoms with Gasteiger partial charge in [-0.25, -0.2) is 4.79 Å². The lowest BCUT2D eigenvalue weighted by Gasteiger charge is -2.36. The van der Waals surface area contributed by atoms with E-state index in [-0.39, 0.29) is 12.1 Å². The van der Waals surface area contributed by atoms with Gasteiger partial charge in [-0.2, -0.15) is 0 Å². The molecule has 3 aliphatic rings. The van der Waals surface area contributed by atoms with Gasteiger partial charge in [0.05, 0.1) is 0 Å². The van der Waals surface area contributed by atoms with Gasteiger partial charge in [-0.1, -0.05) is 30.3 Å². The standard InChI is InChI=1S/C20H29N3O2/c24-20(25-14-15-4-2-1-3-5-15)22-18-10-17(11-18)21-12-16-8-9-23(13-16)19-6-7-19/h1-5,16-19,21H,6-14H2,(H,22,24). The van der Waals surface area contributed by atoms with E-state index >= 15 is 0 Å². The van der Waals surface area contributed by atoms with Crippen molar-refractivity contribution < 1.29 is 9.53 Å². The third-order valence-electron chi connectivity index (χ3n) is 5.75. The first-order valence-corrected chi connectivity index (χ1v) is 9.71. The number of carbonyl (C=O) groups is 1. The van der Waals surface area contributed by atoms with Crippen LogP contribution in [0.25, 0.3) is 0 Å². The van der Waals surface area contributed by atoms with E-state index in [2.05, 4.69) is 15.5 Å². The second-order valence-electron chi connectivity index (χ2n) is 7.86. The molecule has 136 valence electrons. The van der Waals surface area contributed by atoms with Crippen molar-refractivity contribution in [2.75, 3.05) is 19.6 Å². The molecule has 25 heavy (non-hydrogen) atoms. The monoisotopic (exact) mass is 343 g/mol. The van der Waals surface area contributed by atoms with Gasteiger partial charge in [-0.05, 0) is 56.7 Å². The zero-order valence-electron chi connectivity index (χ0n) is 14.8. The Labute approximate surface area is 150 Å². The van der Waals surface area contributed by atoms with Gasteiger partial charge in [0.15, 0.2) is 0 Å². The van der Waals surface area contributed by atoms with Crippen molar-refractivity contribution >= 4 is 6.09 Å². The molecule has 1 aromatic carbocycles. The summed E-state index contributed by atoms with van der Waals surface area (Å²) in [7, 11) is 0. The second-order valence-corrected chi connectivity index (χ2v) is 7.86. The highest BCUT2D eigenvalue weighted by Gasteiger charge is 2.35. The van der Waals surface area contributed by atoms with Crippen LogP contribution in [0.4, 0.5) is 4.79 Å². The molecule has 4 rings (SSSR count). The quantitative estimate of drug-likeness (QED) is 0.799. The van der Waals surface area contributed by atoms with Crippen LogP contribution >= 0.6 is 0 Å². The SMILES string of the molecule is O=C(NC1CC(NCC2CCN(C3CC3)C2)C1)OCc1ccccc1. The number of ether oxygens (including phenoxy) is 1. The normalized spacial score (nSPS) is 29.2. The van der Waals surface area contributed by atoms with Crippen molar-refractivity contribution in [3.05, 3.63) is 35.9 Å². The largest absolute Gasteiger partial charge is 0.445 e. The Hall–Kier alpha value is -1.59. The lowest BCUT2D eigenvalue weighted by atomic mass is 9.86. The van der Waals surface area contributed by atoms with Crippen molar-refractivity contribution in [1.82, 2.24) is 15.5 Å². The van der Waals surface area contributed by atoms with E-state index in [0.29, 0.717) is 12.6 Å². The number of carbonyl (C=O) groups excluding carboxylic acids is 1.